The third kappa shape index (κ3) is 2.65. The molecule has 1 aromatic carbocycles. The van der Waals surface area contributed by atoms with Gasteiger partial charge in [-0.05, 0) is 17.5 Å². The first kappa shape index (κ1) is 12.4. The number of hydrogen-bond acceptors (Lipinski definition) is 2. The minimum atomic E-state index is 0.0302. The number of halogens is 1. The molecular formula is C12H17BrO2. The van der Waals surface area contributed by atoms with E-state index >= 15 is 0 Å². The van der Waals surface area contributed by atoms with Gasteiger partial charge in [-0.2, -0.15) is 0 Å². The normalized spacial score (nSPS) is 11.3. The molecule has 15 heavy (non-hydrogen) atoms. The van der Waals surface area contributed by atoms with Crippen molar-refractivity contribution < 1.29 is 9.47 Å². The average Bonchev–Trinajstić information content (AvgIpc) is 2.15. The molecule has 2 nitrogen and oxygen atoms in total. The molecular weight excluding hydrogens is 256 g/mol. The van der Waals surface area contributed by atoms with Crippen molar-refractivity contribution in [3.05, 3.63) is 22.2 Å². The first-order valence-corrected chi connectivity index (χ1v) is 5.61. The fraction of sp³-hybridized carbons (Fsp3) is 0.500. The van der Waals surface area contributed by atoms with Crippen molar-refractivity contribution in [1.82, 2.24) is 0 Å². The van der Waals surface area contributed by atoms with Crippen LogP contribution in [-0.4, -0.2) is 14.2 Å². The Bertz CT molecular complexity index is 353. The van der Waals surface area contributed by atoms with Gasteiger partial charge in [-0.15, -0.1) is 0 Å². The summed E-state index contributed by atoms with van der Waals surface area (Å²) < 4.78 is 11.7. The highest BCUT2D eigenvalue weighted by Gasteiger charge is 2.22. The Labute approximate surface area is 99.7 Å². The smallest absolute Gasteiger partial charge is 0.164 e. The number of methoxy groups -OCH3 is 2. The van der Waals surface area contributed by atoms with Crippen LogP contribution in [0.4, 0.5) is 0 Å². The lowest BCUT2D eigenvalue weighted by Gasteiger charge is -2.23. The van der Waals surface area contributed by atoms with Gasteiger partial charge in [0.05, 0.1) is 14.2 Å². The summed E-state index contributed by atoms with van der Waals surface area (Å²) in [6, 6.07) is 3.98. The summed E-state index contributed by atoms with van der Waals surface area (Å²) in [7, 11) is 3.32. The van der Waals surface area contributed by atoms with E-state index in [4.69, 9.17) is 9.47 Å². The van der Waals surface area contributed by atoms with Crippen molar-refractivity contribution in [3.8, 4) is 11.5 Å². The van der Waals surface area contributed by atoms with E-state index in [1.54, 1.807) is 14.2 Å². The highest BCUT2D eigenvalue weighted by Crippen LogP contribution is 2.40. The lowest BCUT2D eigenvalue weighted by molar-refractivity contribution is 0.345. The molecule has 0 aliphatic carbocycles. The Kier molecular flexibility index (Phi) is 3.66. The maximum absolute atomic E-state index is 5.40. The SMILES string of the molecule is COc1cc(Br)cc(C(C)(C)C)c1OC. The van der Waals surface area contributed by atoms with Crippen LogP contribution < -0.4 is 9.47 Å². The van der Waals surface area contributed by atoms with Gasteiger partial charge in [0.2, 0.25) is 0 Å². The molecule has 0 amide bonds. The molecule has 0 aromatic heterocycles. The maximum atomic E-state index is 5.40. The quantitative estimate of drug-likeness (QED) is 0.816. The molecule has 0 radical (unpaired) electrons. The van der Waals surface area contributed by atoms with E-state index in [1.165, 1.54) is 0 Å². The van der Waals surface area contributed by atoms with E-state index in [0.29, 0.717) is 0 Å². The first-order chi connectivity index (χ1) is 6.90. The van der Waals surface area contributed by atoms with E-state index in [9.17, 15) is 0 Å². The van der Waals surface area contributed by atoms with Crippen molar-refractivity contribution in [2.75, 3.05) is 14.2 Å². The summed E-state index contributed by atoms with van der Waals surface area (Å²) in [6.07, 6.45) is 0. The summed E-state index contributed by atoms with van der Waals surface area (Å²) >= 11 is 3.47. The Balaban J connectivity index is 3.42. The van der Waals surface area contributed by atoms with Gasteiger partial charge in [-0.1, -0.05) is 36.7 Å². The molecule has 0 N–H and O–H groups in total. The lowest BCUT2D eigenvalue weighted by Crippen LogP contribution is -2.13. The van der Waals surface area contributed by atoms with E-state index in [1.807, 2.05) is 6.07 Å². The predicted molar refractivity (Wildman–Crippen MR) is 65.9 cm³/mol. The first-order valence-electron chi connectivity index (χ1n) is 4.82. The highest BCUT2D eigenvalue weighted by molar-refractivity contribution is 9.10. The molecule has 0 bridgehead atoms. The Morgan fingerprint density at radius 3 is 2.07 bits per heavy atom. The third-order valence-electron chi connectivity index (χ3n) is 2.25. The monoisotopic (exact) mass is 272 g/mol. The predicted octanol–water partition coefficient (Wildman–Crippen LogP) is 3.76. The zero-order valence-corrected chi connectivity index (χ0v) is 11.4. The summed E-state index contributed by atoms with van der Waals surface area (Å²) in [4.78, 5) is 0. The molecule has 0 saturated carbocycles. The molecule has 0 atom stereocenters. The van der Waals surface area contributed by atoms with Crippen molar-refractivity contribution in [3.63, 3.8) is 0 Å². The number of benzene rings is 1. The van der Waals surface area contributed by atoms with Crippen molar-refractivity contribution in [2.24, 2.45) is 0 Å². The number of ether oxygens (including phenoxy) is 2. The largest absolute Gasteiger partial charge is 0.493 e. The molecule has 0 aliphatic heterocycles. The second-order valence-electron chi connectivity index (χ2n) is 4.44. The summed E-state index contributed by atoms with van der Waals surface area (Å²) in [6.45, 7) is 6.45. The van der Waals surface area contributed by atoms with Crippen LogP contribution in [0.1, 0.15) is 26.3 Å². The third-order valence-corrected chi connectivity index (χ3v) is 2.71. The zero-order chi connectivity index (χ0) is 11.6. The van der Waals surface area contributed by atoms with Crippen LogP contribution in [0.15, 0.2) is 16.6 Å². The van der Waals surface area contributed by atoms with Gasteiger partial charge in [0.1, 0.15) is 0 Å². The summed E-state index contributed by atoms with van der Waals surface area (Å²) in [5, 5.41) is 0. The lowest BCUT2D eigenvalue weighted by atomic mass is 9.86. The summed E-state index contributed by atoms with van der Waals surface area (Å²) in [5.41, 5.74) is 1.17. The van der Waals surface area contributed by atoms with Crippen molar-refractivity contribution >= 4 is 15.9 Å². The van der Waals surface area contributed by atoms with Crippen molar-refractivity contribution in [1.29, 1.82) is 0 Å². The number of hydrogen-bond donors (Lipinski definition) is 0. The minimum absolute atomic E-state index is 0.0302. The standard InChI is InChI=1S/C12H17BrO2/c1-12(2,3)9-6-8(13)7-10(14-4)11(9)15-5/h6-7H,1-5H3. The van der Waals surface area contributed by atoms with Gasteiger partial charge in [-0.3, -0.25) is 0 Å². The van der Waals surface area contributed by atoms with Gasteiger partial charge in [0, 0.05) is 10.0 Å². The van der Waals surface area contributed by atoms with Crippen LogP contribution >= 0.6 is 15.9 Å². The molecule has 0 aliphatic rings. The zero-order valence-electron chi connectivity index (χ0n) is 9.85. The molecule has 0 heterocycles. The van der Waals surface area contributed by atoms with Gasteiger partial charge >= 0.3 is 0 Å². The maximum Gasteiger partial charge on any atom is 0.164 e. The van der Waals surface area contributed by atoms with E-state index in [0.717, 1.165) is 21.5 Å². The van der Waals surface area contributed by atoms with Crippen LogP contribution in [0.5, 0.6) is 11.5 Å². The summed E-state index contributed by atoms with van der Waals surface area (Å²) in [5.74, 6) is 1.57. The average molecular weight is 273 g/mol. The molecule has 1 aromatic rings. The molecule has 3 heteroatoms. The van der Waals surface area contributed by atoms with E-state index < -0.39 is 0 Å². The van der Waals surface area contributed by atoms with Gasteiger partial charge in [0.15, 0.2) is 11.5 Å². The second-order valence-corrected chi connectivity index (χ2v) is 5.35. The molecule has 0 fully saturated rings. The van der Waals surface area contributed by atoms with E-state index in [2.05, 4.69) is 42.8 Å². The van der Waals surface area contributed by atoms with Gasteiger partial charge in [0.25, 0.3) is 0 Å². The Morgan fingerprint density at radius 2 is 1.67 bits per heavy atom. The molecule has 0 spiro atoms. The van der Waals surface area contributed by atoms with E-state index in [-0.39, 0.29) is 5.41 Å². The molecule has 0 unspecified atom stereocenters. The second kappa shape index (κ2) is 4.44. The van der Waals surface area contributed by atoms with Crippen LogP contribution in [0, 0.1) is 0 Å². The highest BCUT2D eigenvalue weighted by atomic mass is 79.9. The number of rotatable bonds is 2. The topological polar surface area (TPSA) is 18.5 Å². The Morgan fingerprint density at radius 1 is 1.07 bits per heavy atom. The van der Waals surface area contributed by atoms with Gasteiger partial charge in [-0.25, -0.2) is 0 Å². The van der Waals surface area contributed by atoms with Gasteiger partial charge < -0.3 is 9.47 Å². The fourth-order valence-electron chi connectivity index (χ4n) is 1.49. The molecule has 1 rings (SSSR count). The van der Waals surface area contributed by atoms with Crippen LogP contribution in [0.2, 0.25) is 0 Å². The van der Waals surface area contributed by atoms with Crippen LogP contribution in [0.25, 0.3) is 0 Å². The van der Waals surface area contributed by atoms with Crippen LogP contribution in [-0.2, 0) is 5.41 Å². The molecule has 84 valence electrons. The van der Waals surface area contributed by atoms with Crippen LogP contribution in [0.3, 0.4) is 0 Å². The fourth-order valence-corrected chi connectivity index (χ4v) is 1.92. The Hall–Kier alpha value is -0.700. The minimum Gasteiger partial charge on any atom is -0.493 e. The molecule has 0 saturated heterocycles. The van der Waals surface area contributed by atoms with Crippen molar-refractivity contribution in [2.45, 2.75) is 26.2 Å².